The summed E-state index contributed by atoms with van der Waals surface area (Å²) in [6, 6.07) is 5.59. The highest BCUT2D eigenvalue weighted by atomic mass is 35.5. The fourth-order valence-electron chi connectivity index (χ4n) is 2.38. The summed E-state index contributed by atoms with van der Waals surface area (Å²) < 4.78 is 5.37. The number of halogens is 1. The van der Waals surface area contributed by atoms with Gasteiger partial charge in [0, 0.05) is 25.6 Å². The number of benzene rings is 1. The van der Waals surface area contributed by atoms with E-state index in [1.165, 1.54) is 0 Å². The normalized spacial score (nSPS) is 16.6. The van der Waals surface area contributed by atoms with Crippen molar-refractivity contribution in [3.8, 4) is 0 Å². The van der Waals surface area contributed by atoms with E-state index >= 15 is 0 Å². The maximum Gasteiger partial charge on any atom is 0.228 e. The van der Waals surface area contributed by atoms with Gasteiger partial charge in [-0.2, -0.15) is 0 Å². The Kier molecular flexibility index (Phi) is 5.85. The molecule has 0 spiro atoms. The van der Waals surface area contributed by atoms with Crippen LogP contribution in [0.4, 0.5) is 11.4 Å². The Hall–Kier alpha value is -1.30. The number of nitrogens with zero attached hydrogens (tertiary/aromatic N) is 1. The molecule has 1 amide bonds. The first-order valence-corrected chi connectivity index (χ1v) is 7.58. The zero-order valence-corrected chi connectivity index (χ0v) is 13.2. The number of carbonyl (C=O) groups excluding carboxylic acids is 1. The standard InChI is InChI=1S/C15H22ClN3O2/c1-11(10-17-2)15(20)18-13-5-3-4-12(16)14(13)19-6-8-21-9-7-19/h3-5,11,17H,6-10H2,1-2H3,(H,18,20). The Morgan fingerprint density at radius 1 is 1.43 bits per heavy atom. The number of amides is 1. The maximum atomic E-state index is 12.2. The van der Waals surface area contributed by atoms with Crippen molar-refractivity contribution in [2.45, 2.75) is 6.92 Å². The van der Waals surface area contributed by atoms with Crippen molar-refractivity contribution in [2.24, 2.45) is 5.92 Å². The molecule has 2 N–H and O–H groups in total. The molecule has 0 aromatic heterocycles. The van der Waals surface area contributed by atoms with E-state index in [4.69, 9.17) is 16.3 Å². The number of anilines is 2. The van der Waals surface area contributed by atoms with Crippen molar-refractivity contribution in [1.29, 1.82) is 0 Å². The monoisotopic (exact) mass is 311 g/mol. The molecule has 116 valence electrons. The molecule has 1 fully saturated rings. The molecule has 1 saturated heterocycles. The third-order valence-electron chi connectivity index (χ3n) is 3.53. The van der Waals surface area contributed by atoms with Crippen LogP contribution in [0.25, 0.3) is 0 Å². The van der Waals surface area contributed by atoms with E-state index in [0.29, 0.717) is 24.8 Å². The quantitative estimate of drug-likeness (QED) is 0.873. The van der Waals surface area contributed by atoms with Gasteiger partial charge in [-0.3, -0.25) is 4.79 Å². The molecule has 0 radical (unpaired) electrons. The number of nitrogens with one attached hydrogen (secondary N) is 2. The first-order chi connectivity index (χ1) is 10.1. The van der Waals surface area contributed by atoms with Crippen LogP contribution in [0, 0.1) is 5.92 Å². The third-order valence-corrected chi connectivity index (χ3v) is 3.83. The highest BCUT2D eigenvalue weighted by Crippen LogP contribution is 2.34. The highest BCUT2D eigenvalue weighted by Gasteiger charge is 2.20. The van der Waals surface area contributed by atoms with Gasteiger partial charge in [-0.15, -0.1) is 0 Å². The minimum Gasteiger partial charge on any atom is -0.378 e. The molecule has 1 heterocycles. The van der Waals surface area contributed by atoms with Crippen LogP contribution in [0.15, 0.2) is 18.2 Å². The molecule has 1 aromatic carbocycles. The van der Waals surface area contributed by atoms with Crippen LogP contribution in [0.1, 0.15) is 6.92 Å². The molecule has 1 aliphatic heterocycles. The van der Waals surface area contributed by atoms with Crippen molar-refractivity contribution < 1.29 is 9.53 Å². The van der Waals surface area contributed by atoms with Gasteiger partial charge in [0.2, 0.25) is 5.91 Å². The predicted molar refractivity (Wildman–Crippen MR) is 86.2 cm³/mol. The number of rotatable bonds is 5. The van der Waals surface area contributed by atoms with Crippen LogP contribution in [-0.2, 0) is 9.53 Å². The van der Waals surface area contributed by atoms with Gasteiger partial charge in [0.1, 0.15) is 0 Å². The zero-order valence-electron chi connectivity index (χ0n) is 12.5. The molecule has 0 bridgehead atoms. The second kappa shape index (κ2) is 7.64. The first-order valence-electron chi connectivity index (χ1n) is 7.20. The second-order valence-corrected chi connectivity index (χ2v) is 5.59. The van der Waals surface area contributed by atoms with Crippen molar-refractivity contribution in [2.75, 3.05) is 50.1 Å². The van der Waals surface area contributed by atoms with Crippen LogP contribution < -0.4 is 15.5 Å². The summed E-state index contributed by atoms with van der Waals surface area (Å²) in [4.78, 5) is 14.4. The SMILES string of the molecule is CNCC(C)C(=O)Nc1cccc(Cl)c1N1CCOCC1. The predicted octanol–water partition coefficient (Wildman–Crippen LogP) is 1.97. The minimum atomic E-state index is -0.105. The fraction of sp³-hybridized carbons (Fsp3) is 0.533. The summed E-state index contributed by atoms with van der Waals surface area (Å²) in [5, 5.41) is 6.65. The Morgan fingerprint density at radius 2 is 2.14 bits per heavy atom. The van der Waals surface area contributed by atoms with Gasteiger partial charge in [-0.05, 0) is 19.2 Å². The Bertz CT molecular complexity index is 490. The topological polar surface area (TPSA) is 53.6 Å². The average molecular weight is 312 g/mol. The molecule has 21 heavy (non-hydrogen) atoms. The van der Waals surface area contributed by atoms with Crippen molar-refractivity contribution >= 4 is 28.9 Å². The zero-order chi connectivity index (χ0) is 15.2. The Labute approximate surface area is 130 Å². The summed E-state index contributed by atoms with van der Waals surface area (Å²) in [6.45, 7) is 5.44. The van der Waals surface area contributed by atoms with Gasteiger partial charge in [-0.25, -0.2) is 0 Å². The number of hydrogen-bond acceptors (Lipinski definition) is 4. The molecule has 1 aliphatic rings. The van der Waals surface area contributed by atoms with E-state index in [-0.39, 0.29) is 11.8 Å². The molecule has 1 unspecified atom stereocenters. The molecule has 6 heteroatoms. The number of carbonyl (C=O) groups is 1. The average Bonchev–Trinajstić information content (AvgIpc) is 2.48. The highest BCUT2D eigenvalue weighted by molar-refractivity contribution is 6.34. The lowest BCUT2D eigenvalue weighted by Gasteiger charge is -2.31. The fourth-order valence-corrected chi connectivity index (χ4v) is 2.67. The van der Waals surface area contributed by atoms with Crippen molar-refractivity contribution in [3.05, 3.63) is 23.2 Å². The number of ether oxygens (including phenoxy) is 1. The van der Waals surface area contributed by atoms with Gasteiger partial charge in [0.25, 0.3) is 0 Å². The summed E-state index contributed by atoms with van der Waals surface area (Å²) in [7, 11) is 1.84. The lowest BCUT2D eigenvalue weighted by Crippen LogP contribution is -2.37. The van der Waals surface area contributed by atoms with E-state index in [1.54, 1.807) is 0 Å². The summed E-state index contributed by atoms with van der Waals surface area (Å²) in [5.74, 6) is -0.118. The van der Waals surface area contributed by atoms with Gasteiger partial charge in [-0.1, -0.05) is 24.6 Å². The first kappa shape index (κ1) is 16.1. The summed E-state index contributed by atoms with van der Waals surface area (Å²) in [5.41, 5.74) is 1.64. The molecule has 0 saturated carbocycles. The van der Waals surface area contributed by atoms with Crippen molar-refractivity contribution in [1.82, 2.24) is 5.32 Å². The van der Waals surface area contributed by atoms with Gasteiger partial charge in [0.15, 0.2) is 0 Å². The van der Waals surface area contributed by atoms with Crippen LogP contribution in [0.2, 0.25) is 5.02 Å². The maximum absolute atomic E-state index is 12.2. The Balaban J connectivity index is 2.19. The third kappa shape index (κ3) is 4.09. The van der Waals surface area contributed by atoms with E-state index in [1.807, 2.05) is 32.2 Å². The minimum absolute atomic E-state index is 0.0128. The molecule has 0 aliphatic carbocycles. The van der Waals surface area contributed by atoms with E-state index in [2.05, 4.69) is 15.5 Å². The molecule has 2 rings (SSSR count). The van der Waals surface area contributed by atoms with Gasteiger partial charge >= 0.3 is 0 Å². The van der Waals surface area contributed by atoms with E-state index in [9.17, 15) is 4.79 Å². The van der Waals surface area contributed by atoms with Crippen LogP contribution in [0.3, 0.4) is 0 Å². The molecule has 1 atom stereocenters. The molecule has 5 nitrogen and oxygen atoms in total. The van der Waals surface area contributed by atoms with Gasteiger partial charge < -0.3 is 20.3 Å². The summed E-state index contributed by atoms with van der Waals surface area (Å²) >= 11 is 6.34. The molecular formula is C15H22ClN3O2. The number of morpholine rings is 1. The van der Waals surface area contributed by atoms with E-state index in [0.717, 1.165) is 24.5 Å². The van der Waals surface area contributed by atoms with Crippen molar-refractivity contribution in [3.63, 3.8) is 0 Å². The van der Waals surface area contributed by atoms with E-state index < -0.39 is 0 Å². The van der Waals surface area contributed by atoms with Gasteiger partial charge in [0.05, 0.1) is 29.6 Å². The van der Waals surface area contributed by atoms with Crippen LogP contribution in [-0.4, -0.2) is 45.8 Å². The number of hydrogen-bond donors (Lipinski definition) is 2. The van der Waals surface area contributed by atoms with Crippen LogP contribution in [0.5, 0.6) is 0 Å². The largest absolute Gasteiger partial charge is 0.378 e. The smallest absolute Gasteiger partial charge is 0.228 e. The molecule has 1 aromatic rings. The summed E-state index contributed by atoms with van der Waals surface area (Å²) in [6.07, 6.45) is 0. The number of para-hydroxylation sites is 1. The lowest BCUT2D eigenvalue weighted by atomic mass is 10.1. The second-order valence-electron chi connectivity index (χ2n) is 5.18. The lowest BCUT2D eigenvalue weighted by molar-refractivity contribution is -0.119. The van der Waals surface area contributed by atoms with Crippen LogP contribution >= 0.6 is 11.6 Å². The Morgan fingerprint density at radius 3 is 2.81 bits per heavy atom. The molecular weight excluding hydrogens is 290 g/mol.